The van der Waals surface area contributed by atoms with Gasteiger partial charge in [-0.05, 0) is 57.0 Å². The number of carbonyl (C=O) groups is 1. The number of rotatable bonds is 3. The molecule has 0 aromatic heterocycles. The Morgan fingerprint density at radius 1 is 0.897 bits per heavy atom. The predicted molar refractivity (Wildman–Crippen MR) is 113 cm³/mol. The zero-order valence-corrected chi connectivity index (χ0v) is 17.8. The van der Waals surface area contributed by atoms with Crippen LogP contribution in [0, 0.1) is 5.82 Å². The Labute approximate surface area is 176 Å². The lowest BCUT2D eigenvalue weighted by atomic mass is 10.1. The van der Waals surface area contributed by atoms with E-state index in [0.717, 1.165) is 10.8 Å². The minimum absolute atomic E-state index is 0.208. The van der Waals surface area contributed by atoms with Crippen molar-refractivity contribution in [2.24, 2.45) is 0 Å². The van der Waals surface area contributed by atoms with Crippen molar-refractivity contribution in [3.05, 3.63) is 76.5 Å². The van der Waals surface area contributed by atoms with Gasteiger partial charge < -0.3 is 4.90 Å². The van der Waals surface area contributed by atoms with Gasteiger partial charge in [0.15, 0.2) is 0 Å². The number of halogens is 2. The van der Waals surface area contributed by atoms with Gasteiger partial charge in [-0.15, -0.1) is 0 Å². The molecule has 3 aromatic rings. The molecule has 4 rings (SSSR count). The molecule has 1 heterocycles. The number of hydrogen-bond acceptors (Lipinski definition) is 3. The van der Waals surface area contributed by atoms with Gasteiger partial charge in [0, 0.05) is 30.7 Å². The number of hydrogen-bond donors (Lipinski definition) is 0. The smallest absolute Gasteiger partial charge is 0.255 e. The molecule has 1 aliphatic heterocycles. The van der Waals surface area contributed by atoms with Crippen LogP contribution in [-0.2, 0) is 10.0 Å². The Morgan fingerprint density at radius 3 is 2.28 bits per heavy atom. The first kappa shape index (κ1) is 20.0. The average Bonchev–Trinajstić information content (AvgIpc) is 2.73. The van der Waals surface area contributed by atoms with Gasteiger partial charge in [0.1, 0.15) is 5.82 Å². The van der Waals surface area contributed by atoms with Crippen molar-refractivity contribution >= 4 is 42.6 Å². The molecule has 0 aliphatic carbocycles. The molecule has 3 aromatic carbocycles. The molecule has 5 nitrogen and oxygen atoms in total. The minimum atomic E-state index is -3.64. The van der Waals surface area contributed by atoms with Crippen molar-refractivity contribution < 1.29 is 17.6 Å². The van der Waals surface area contributed by atoms with E-state index in [1.807, 2.05) is 24.3 Å². The average molecular weight is 477 g/mol. The fourth-order valence-electron chi connectivity index (χ4n) is 3.44. The predicted octanol–water partition coefficient (Wildman–Crippen LogP) is 3.89. The Hall–Kier alpha value is -2.29. The van der Waals surface area contributed by atoms with E-state index in [4.69, 9.17) is 0 Å². The first-order chi connectivity index (χ1) is 13.9. The van der Waals surface area contributed by atoms with E-state index in [0.29, 0.717) is 10.0 Å². The van der Waals surface area contributed by atoms with Crippen LogP contribution in [0.3, 0.4) is 0 Å². The van der Waals surface area contributed by atoms with Crippen LogP contribution in [0.4, 0.5) is 4.39 Å². The van der Waals surface area contributed by atoms with Crippen molar-refractivity contribution in [3.8, 4) is 0 Å². The van der Waals surface area contributed by atoms with Gasteiger partial charge in [-0.1, -0.05) is 30.3 Å². The molecule has 0 radical (unpaired) electrons. The molecule has 0 unspecified atom stereocenters. The van der Waals surface area contributed by atoms with Crippen molar-refractivity contribution in [2.75, 3.05) is 26.2 Å². The summed E-state index contributed by atoms with van der Waals surface area (Å²) in [7, 11) is -3.64. The summed E-state index contributed by atoms with van der Waals surface area (Å²) in [4.78, 5) is 14.5. The maximum Gasteiger partial charge on any atom is 0.255 e. The molecule has 0 atom stereocenters. The Balaban J connectivity index is 1.50. The molecule has 1 fully saturated rings. The number of benzene rings is 3. The fraction of sp³-hybridized carbons (Fsp3) is 0.190. The third kappa shape index (κ3) is 3.92. The molecule has 0 saturated carbocycles. The van der Waals surface area contributed by atoms with Gasteiger partial charge in [0.05, 0.1) is 10.5 Å². The van der Waals surface area contributed by atoms with Crippen molar-refractivity contribution in [3.63, 3.8) is 0 Å². The van der Waals surface area contributed by atoms with Gasteiger partial charge in [-0.25, -0.2) is 12.8 Å². The minimum Gasteiger partial charge on any atom is -0.336 e. The van der Waals surface area contributed by atoms with E-state index in [1.165, 1.54) is 22.5 Å². The Kier molecular flexibility index (Phi) is 5.42. The summed E-state index contributed by atoms with van der Waals surface area (Å²) < 4.78 is 41.1. The molecule has 1 amide bonds. The van der Waals surface area contributed by atoms with Gasteiger partial charge in [0.25, 0.3) is 5.91 Å². The molecular formula is C21H18BrFN2O3S. The van der Waals surface area contributed by atoms with Crippen LogP contribution in [0.15, 0.2) is 70.0 Å². The standard InChI is InChI=1S/C21H18BrFN2O3S/c22-20-14-17(23)6-8-19(20)21(26)24-9-11-25(12-10-24)29(27,28)18-7-5-15-3-1-2-4-16(15)13-18/h1-8,13-14H,9-12H2. The van der Waals surface area contributed by atoms with Crippen LogP contribution in [-0.4, -0.2) is 49.7 Å². The van der Waals surface area contributed by atoms with E-state index >= 15 is 0 Å². The molecule has 29 heavy (non-hydrogen) atoms. The van der Waals surface area contributed by atoms with Crippen molar-refractivity contribution in [1.82, 2.24) is 9.21 Å². The number of amides is 1. The van der Waals surface area contributed by atoms with Gasteiger partial charge >= 0.3 is 0 Å². The Morgan fingerprint density at radius 2 is 1.59 bits per heavy atom. The second-order valence-corrected chi connectivity index (χ2v) is 9.62. The quantitative estimate of drug-likeness (QED) is 0.576. The molecule has 0 spiro atoms. The summed E-state index contributed by atoms with van der Waals surface area (Å²) in [5.41, 5.74) is 0.359. The van der Waals surface area contributed by atoms with Crippen LogP contribution < -0.4 is 0 Å². The molecule has 0 N–H and O–H groups in total. The first-order valence-corrected chi connectivity index (χ1v) is 11.3. The second-order valence-electron chi connectivity index (χ2n) is 6.83. The van der Waals surface area contributed by atoms with Crippen molar-refractivity contribution in [1.29, 1.82) is 0 Å². The van der Waals surface area contributed by atoms with E-state index in [-0.39, 0.29) is 37.0 Å². The third-order valence-electron chi connectivity index (χ3n) is 5.05. The lowest BCUT2D eigenvalue weighted by molar-refractivity contribution is 0.0697. The monoisotopic (exact) mass is 476 g/mol. The highest BCUT2D eigenvalue weighted by Crippen LogP contribution is 2.24. The summed E-state index contributed by atoms with van der Waals surface area (Å²) in [6, 6.07) is 16.6. The topological polar surface area (TPSA) is 57.7 Å². The number of carbonyl (C=O) groups excluding carboxylic acids is 1. The van der Waals surface area contributed by atoms with Crippen LogP contribution in [0.2, 0.25) is 0 Å². The zero-order chi connectivity index (χ0) is 20.6. The first-order valence-electron chi connectivity index (χ1n) is 9.09. The molecular weight excluding hydrogens is 459 g/mol. The highest BCUT2D eigenvalue weighted by molar-refractivity contribution is 9.10. The number of nitrogens with zero attached hydrogens (tertiary/aromatic N) is 2. The lowest BCUT2D eigenvalue weighted by Crippen LogP contribution is -2.50. The molecule has 0 bridgehead atoms. The van der Waals surface area contributed by atoms with E-state index < -0.39 is 15.8 Å². The van der Waals surface area contributed by atoms with Crippen LogP contribution in [0.5, 0.6) is 0 Å². The van der Waals surface area contributed by atoms with Crippen LogP contribution >= 0.6 is 15.9 Å². The SMILES string of the molecule is O=C(c1ccc(F)cc1Br)N1CCN(S(=O)(=O)c2ccc3ccccc3c2)CC1. The molecule has 150 valence electrons. The van der Waals surface area contributed by atoms with Crippen LogP contribution in [0.25, 0.3) is 10.8 Å². The molecule has 1 aliphatic rings. The summed E-state index contributed by atoms with van der Waals surface area (Å²) in [6.45, 7) is 0.963. The summed E-state index contributed by atoms with van der Waals surface area (Å²) in [6.07, 6.45) is 0. The normalized spacial score (nSPS) is 15.6. The molecule has 1 saturated heterocycles. The van der Waals surface area contributed by atoms with E-state index in [9.17, 15) is 17.6 Å². The van der Waals surface area contributed by atoms with Crippen molar-refractivity contribution in [2.45, 2.75) is 4.90 Å². The van der Waals surface area contributed by atoms with Gasteiger partial charge in [-0.3, -0.25) is 4.79 Å². The number of sulfonamides is 1. The molecule has 8 heteroatoms. The maximum absolute atomic E-state index is 13.3. The summed E-state index contributed by atoms with van der Waals surface area (Å²) >= 11 is 3.21. The maximum atomic E-state index is 13.3. The summed E-state index contributed by atoms with van der Waals surface area (Å²) in [5, 5.41) is 1.84. The van der Waals surface area contributed by atoms with Gasteiger partial charge in [0.2, 0.25) is 10.0 Å². The Bertz CT molecular complexity index is 1190. The highest BCUT2D eigenvalue weighted by atomic mass is 79.9. The largest absolute Gasteiger partial charge is 0.336 e. The lowest BCUT2D eigenvalue weighted by Gasteiger charge is -2.34. The number of piperazine rings is 1. The number of fused-ring (bicyclic) bond motifs is 1. The van der Waals surface area contributed by atoms with Gasteiger partial charge in [-0.2, -0.15) is 4.31 Å². The third-order valence-corrected chi connectivity index (χ3v) is 7.60. The van der Waals surface area contributed by atoms with Crippen LogP contribution in [0.1, 0.15) is 10.4 Å². The van der Waals surface area contributed by atoms with E-state index in [1.54, 1.807) is 23.1 Å². The van der Waals surface area contributed by atoms with E-state index in [2.05, 4.69) is 15.9 Å². The summed E-state index contributed by atoms with van der Waals surface area (Å²) in [5.74, 6) is -0.681. The second kappa shape index (κ2) is 7.85. The zero-order valence-electron chi connectivity index (χ0n) is 15.4. The fourth-order valence-corrected chi connectivity index (χ4v) is 5.42. The highest BCUT2D eigenvalue weighted by Gasteiger charge is 2.31.